The molecule has 0 aliphatic carbocycles. The molecule has 1 amide bonds. The fraction of sp³-hybridized carbons (Fsp3) is 0.333. The summed E-state index contributed by atoms with van der Waals surface area (Å²) in [4.78, 5) is 22.8. The first-order chi connectivity index (χ1) is 12.9. The van der Waals surface area contributed by atoms with E-state index in [2.05, 4.69) is 25.7 Å². The van der Waals surface area contributed by atoms with E-state index in [1.807, 2.05) is 18.5 Å². The molecule has 0 aromatic carbocycles. The molecule has 3 aromatic rings. The second kappa shape index (κ2) is 7.27. The molecule has 12 nitrogen and oxygen atoms in total. The number of nitrogens with one attached hydrogen (secondary N) is 2. The minimum Gasteiger partial charge on any atom is -0.475 e. The number of amides is 1. The molecule has 0 saturated carbocycles. The number of hydrogen-bond donors (Lipinski definition) is 2. The van der Waals surface area contributed by atoms with Gasteiger partial charge < -0.3 is 10.1 Å². The minimum absolute atomic E-state index is 0.260. The number of nitrogens with zero attached hydrogens (tertiary/aromatic N) is 6. The Labute approximate surface area is 153 Å². The number of nitro groups is 1. The first-order valence-corrected chi connectivity index (χ1v) is 8.06. The molecule has 27 heavy (non-hydrogen) atoms. The molecule has 0 saturated heterocycles. The molecule has 2 N–H and O–H groups in total. The summed E-state index contributed by atoms with van der Waals surface area (Å²) in [5, 5.41) is 28.1. The summed E-state index contributed by atoms with van der Waals surface area (Å²) >= 11 is 0. The monoisotopic (exact) mass is 374 g/mol. The Hall–Kier alpha value is -3.70. The average molecular weight is 374 g/mol. The van der Waals surface area contributed by atoms with Gasteiger partial charge in [-0.1, -0.05) is 0 Å². The number of methoxy groups -OCH3 is 1. The van der Waals surface area contributed by atoms with Crippen molar-refractivity contribution in [3.63, 3.8) is 0 Å². The fourth-order valence-electron chi connectivity index (χ4n) is 2.63. The summed E-state index contributed by atoms with van der Waals surface area (Å²) in [5.74, 6) is -0.976. The molecular formula is C15H18N8O4. The van der Waals surface area contributed by atoms with Crippen molar-refractivity contribution < 1.29 is 14.5 Å². The van der Waals surface area contributed by atoms with Crippen molar-refractivity contribution in [2.45, 2.75) is 26.9 Å². The third-order valence-corrected chi connectivity index (χ3v) is 4.04. The maximum Gasteiger partial charge on any atom is 0.362 e. The fourth-order valence-corrected chi connectivity index (χ4v) is 2.63. The quantitative estimate of drug-likeness (QED) is 0.469. The minimum atomic E-state index is -0.727. The van der Waals surface area contributed by atoms with E-state index in [4.69, 9.17) is 4.74 Å². The van der Waals surface area contributed by atoms with Gasteiger partial charge in [0.1, 0.15) is 0 Å². The lowest BCUT2D eigenvalue weighted by Gasteiger charge is -2.03. The van der Waals surface area contributed by atoms with Gasteiger partial charge in [0.05, 0.1) is 36.7 Å². The SMILES string of the molecule is CCn1ncc(Cn2cc(NC(=O)c3[nH]nc(OC)c3[N+](=O)[O-])cn2)c1C. The van der Waals surface area contributed by atoms with Gasteiger partial charge in [-0.25, -0.2) is 0 Å². The molecule has 0 radical (unpaired) electrons. The number of ether oxygens (including phenoxy) is 1. The summed E-state index contributed by atoms with van der Waals surface area (Å²) in [7, 11) is 1.23. The highest BCUT2D eigenvalue weighted by Gasteiger charge is 2.30. The standard InChI is InChI=1S/C15H18N8O4/c1-4-22-9(2)10(5-17-22)7-21-8-11(6-16-21)18-14(24)12-13(23(25)26)15(27-3)20-19-12/h5-6,8H,4,7H2,1-3H3,(H,18,24)(H,19,20). The molecule has 3 heterocycles. The second-order valence-electron chi connectivity index (χ2n) is 5.67. The van der Waals surface area contributed by atoms with Gasteiger partial charge in [0.15, 0.2) is 0 Å². The second-order valence-corrected chi connectivity index (χ2v) is 5.67. The number of carbonyl (C=O) groups is 1. The Balaban J connectivity index is 1.74. The van der Waals surface area contributed by atoms with Crippen molar-refractivity contribution >= 4 is 17.3 Å². The van der Waals surface area contributed by atoms with E-state index in [9.17, 15) is 14.9 Å². The normalized spacial score (nSPS) is 10.8. The number of carbonyl (C=O) groups excluding carboxylic acids is 1. The van der Waals surface area contributed by atoms with Gasteiger partial charge in [0.2, 0.25) is 5.69 Å². The number of aryl methyl sites for hydroxylation is 1. The Morgan fingerprint density at radius 3 is 2.81 bits per heavy atom. The number of hydrogen-bond acceptors (Lipinski definition) is 7. The number of aromatic nitrogens is 6. The summed E-state index contributed by atoms with van der Waals surface area (Å²) in [5.41, 5.74) is 1.61. The Bertz CT molecular complexity index is 986. The summed E-state index contributed by atoms with van der Waals surface area (Å²) < 4.78 is 8.31. The van der Waals surface area contributed by atoms with Crippen LogP contribution in [-0.2, 0) is 13.1 Å². The van der Waals surface area contributed by atoms with Crippen LogP contribution >= 0.6 is 0 Å². The van der Waals surface area contributed by atoms with Gasteiger partial charge in [0.25, 0.3) is 5.91 Å². The largest absolute Gasteiger partial charge is 0.475 e. The first-order valence-electron chi connectivity index (χ1n) is 8.06. The van der Waals surface area contributed by atoms with Crippen molar-refractivity contribution in [3.05, 3.63) is 45.7 Å². The van der Waals surface area contributed by atoms with Gasteiger partial charge in [-0.2, -0.15) is 10.2 Å². The number of H-pyrrole nitrogens is 1. The summed E-state index contributed by atoms with van der Waals surface area (Å²) in [6.07, 6.45) is 4.86. The zero-order valence-electron chi connectivity index (χ0n) is 15.0. The Morgan fingerprint density at radius 2 is 2.19 bits per heavy atom. The third-order valence-electron chi connectivity index (χ3n) is 4.04. The molecule has 0 aliphatic heterocycles. The van der Waals surface area contributed by atoms with Gasteiger partial charge in [-0.3, -0.25) is 29.4 Å². The van der Waals surface area contributed by atoms with E-state index in [-0.39, 0.29) is 11.6 Å². The molecule has 12 heteroatoms. The Morgan fingerprint density at radius 1 is 1.41 bits per heavy atom. The van der Waals surface area contributed by atoms with Crippen LogP contribution in [0.2, 0.25) is 0 Å². The zero-order chi connectivity index (χ0) is 19.6. The highest BCUT2D eigenvalue weighted by molar-refractivity contribution is 6.06. The van der Waals surface area contributed by atoms with Crippen LogP contribution in [0.1, 0.15) is 28.7 Å². The van der Waals surface area contributed by atoms with Crippen LogP contribution < -0.4 is 10.1 Å². The lowest BCUT2D eigenvalue weighted by atomic mass is 10.2. The molecule has 0 atom stereocenters. The third kappa shape index (κ3) is 3.49. The van der Waals surface area contributed by atoms with Crippen molar-refractivity contribution in [2.24, 2.45) is 0 Å². The predicted octanol–water partition coefficient (Wildman–Crippen LogP) is 1.35. The van der Waals surface area contributed by atoms with Crippen molar-refractivity contribution in [3.8, 4) is 5.88 Å². The van der Waals surface area contributed by atoms with Crippen LogP contribution in [0.3, 0.4) is 0 Å². The van der Waals surface area contributed by atoms with Gasteiger partial charge in [-0.05, 0) is 13.8 Å². The number of anilines is 1. The maximum absolute atomic E-state index is 12.3. The first kappa shape index (κ1) is 18.1. The van der Waals surface area contributed by atoms with E-state index in [0.717, 1.165) is 17.8 Å². The van der Waals surface area contributed by atoms with Gasteiger partial charge in [-0.15, -0.1) is 5.10 Å². The van der Waals surface area contributed by atoms with Crippen LogP contribution in [0.4, 0.5) is 11.4 Å². The molecule has 0 bridgehead atoms. The van der Waals surface area contributed by atoms with Gasteiger partial charge >= 0.3 is 11.6 Å². The molecule has 0 spiro atoms. The Kier molecular flexibility index (Phi) is 4.88. The number of rotatable bonds is 7. The van der Waals surface area contributed by atoms with Crippen LogP contribution in [0.5, 0.6) is 5.88 Å². The van der Waals surface area contributed by atoms with E-state index >= 15 is 0 Å². The van der Waals surface area contributed by atoms with Crippen LogP contribution in [0.15, 0.2) is 18.6 Å². The topological polar surface area (TPSA) is 146 Å². The predicted molar refractivity (Wildman–Crippen MR) is 93.7 cm³/mol. The highest BCUT2D eigenvalue weighted by atomic mass is 16.6. The zero-order valence-corrected chi connectivity index (χ0v) is 15.0. The highest BCUT2D eigenvalue weighted by Crippen LogP contribution is 2.28. The van der Waals surface area contributed by atoms with E-state index < -0.39 is 16.5 Å². The lowest BCUT2D eigenvalue weighted by molar-refractivity contribution is -0.386. The van der Waals surface area contributed by atoms with E-state index in [0.29, 0.717) is 12.2 Å². The van der Waals surface area contributed by atoms with E-state index in [1.54, 1.807) is 17.1 Å². The van der Waals surface area contributed by atoms with Crippen LogP contribution in [-0.4, -0.2) is 47.7 Å². The van der Waals surface area contributed by atoms with Crippen molar-refractivity contribution in [2.75, 3.05) is 12.4 Å². The molecule has 142 valence electrons. The van der Waals surface area contributed by atoms with Crippen molar-refractivity contribution in [1.82, 2.24) is 29.8 Å². The van der Waals surface area contributed by atoms with Crippen molar-refractivity contribution in [1.29, 1.82) is 0 Å². The molecule has 3 aromatic heterocycles. The van der Waals surface area contributed by atoms with Crippen LogP contribution in [0.25, 0.3) is 0 Å². The lowest BCUT2D eigenvalue weighted by Crippen LogP contribution is -2.14. The smallest absolute Gasteiger partial charge is 0.362 e. The van der Waals surface area contributed by atoms with E-state index in [1.165, 1.54) is 13.3 Å². The molecule has 3 rings (SSSR count). The maximum atomic E-state index is 12.3. The summed E-state index contributed by atoms with van der Waals surface area (Å²) in [6, 6.07) is 0. The van der Waals surface area contributed by atoms with Gasteiger partial charge in [0, 0.05) is 24.0 Å². The average Bonchev–Trinajstić information content (AvgIpc) is 3.34. The molecule has 0 aliphatic rings. The molecule has 0 fully saturated rings. The molecule has 0 unspecified atom stereocenters. The molecular weight excluding hydrogens is 356 g/mol. The van der Waals surface area contributed by atoms with Crippen LogP contribution in [0, 0.1) is 17.0 Å². The number of aromatic amines is 1. The summed E-state index contributed by atoms with van der Waals surface area (Å²) in [6.45, 7) is 5.25.